The fourth-order valence-electron chi connectivity index (χ4n) is 1.07. The Bertz CT molecular complexity index is 438. The quantitative estimate of drug-likeness (QED) is 0.795. The number of hydrogen-bond acceptors (Lipinski definition) is 2. The van der Waals surface area contributed by atoms with Crippen molar-refractivity contribution in [1.82, 2.24) is 4.98 Å². The number of halogens is 3. The van der Waals surface area contributed by atoms with Gasteiger partial charge in [-0.2, -0.15) is 13.2 Å². The monoisotopic (exact) mass is 231 g/mol. The minimum atomic E-state index is -4.49. The summed E-state index contributed by atoms with van der Waals surface area (Å²) in [6.07, 6.45) is -2.44. The number of carboxylic acid groups (broad SMARTS) is 1. The maximum absolute atomic E-state index is 12.2. The van der Waals surface area contributed by atoms with Crippen LogP contribution in [0.25, 0.3) is 6.08 Å². The highest BCUT2D eigenvalue weighted by atomic mass is 19.4. The summed E-state index contributed by atoms with van der Waals surface area (Å²) in [5.41, 5.74) is -0.514. The third kappa shape index (κ3) is 3.08. The van der Waals surface area contributed by atoms with Gasteiger partial charge in [-0.05, 0) is 24.6 Å². The highest BCUT2D eigenvalue weighted by molar-refractivity contribution is 5.85. The molecule has 0 aliphatic rings. The molecule has 0 aliphatic heterocycles. The maximum atomic E-state index is 12.2. The highest BCUT2D eigenvalue weighted by Gasteiger charge is 2.32. The van der Waals surface area contributed by atoms with Crippen molar-refractivity contribution in [2.45, 2.75) is 13.1 Å². The molecule has 0 saturated heterocycles. The number of aromatic nitrogens is 1. The number of aliphatic carboxylic acids is 1. The molecule has 6 heteroatoms. The van der Waals surface area contributed by atoms with Crippen LogP contribution < -0.4 is 0 Å². The van der Waals surface area contributed by atoms with E-state index in [4.69, 9.17) is 5.11 Å². The van der Waals surface area contributed by atoms with Crippen molar-refractivity contribution in [2.75, 3.05) is 0 Å². The molecule has 0 spiro atoms. The molecule has 0 atom stereocenters. The Morgan fingerprint density at radius 3 is 2.50 bits per heavy atom. The van der Waals surface area contributed by atoms with Crippen molar-refractivity contribution in [1.29, 1.82) is 0 Å². The second-order valence-electron chi connectivity index (χ2n) is 3.04. The third-order valence-corrected chi connectivity index (χ3v) is 1.82. The molecule has 0 unspecified atom stereocenters. The van der Waals surface area contributed by atoms with Crippen LogP contribution in [0, 0.1) is 6.92 Å². The lowest BCUT2D eigenvalue weighted by molar-refractivity contribution is -0.141. The van der Waals surface area contributed by atoms with Crippen molar-refractivity contribution < 1.29 is 23.1 Å². The molecule has 0 saturated carbocycles. The predicted molar refractivity (Wildman–Crippen MR) is 50.6 cm³/mol. The Balaban J connectivity index is 3.05. The number of alkyl halides is 3. The average Bonchev–Trinajstić information content (AvgIpc) is 2.14. The van der Waals surface area contributed by atoms with Gasteiger partial charge in [0.25, 0.3) is 0 Å². The van der Waals surface area contributed by atoms with Crippen LogP contribution in [0.5, 0.6) is 0 Å². The van der Waals surface area contributed by atoms with E-state index in [0.717, 1.165) is 12.1 Å². The molecule has 86 valence electrons. The van der Waals surface area contributed by atoms with E-state index in [0.29, 0.717) is 5.56 Å². The first-order chi connectivity index (χ1) is 7.30. The normalized spacial score (nSPS) is 12.0. The van der Waals surface area contributed by atoms with Gasteiger partial charge >= 0.3 is 12.1 Å². The molecular weight excluding hydrogens is 223 g/mol. The number of carbonyl (C=O) groups is 1. The summed E-state index contributed by atoms with van der Waals surface area (Å²) in [5.74, 6) is -1.17. The second-order valence-corrected chi connectivity index (χ2v) is 3.04. The predicted octanol–water partition coefficient (Wildman–Crippen LogP) is 2.51. The standard InChI is InChI=1S/C10H8F3NO2/c1-6-7(3-5-9(15)16)2-4-8(14-6)10(11,12)13/h2-5H,1H3,(H,15,16)/b5-3+. The second kappa shape index (κ2) is 4.34. The molecule has 1 aromatic heterocycles. The smallest absolute Gasteiger partial charge is 0.433 e. The van der Waals surface area contributed by atoms with E-state index in [9.17, 15) is 18.0 Å². The lowest BCUT2D eigenvalue weighted by atomic mass is 10.1. The van der Waals surface area contributed by atoms with Crippen LogP contribution >= 0.6 is 0 Å². The number of nitrogens with zero attached hydrogens (tertiary/aromatic N) is 1. The van der Waals surface area contributed by atoms with E-state index < -0.39 is 17.8 Å². The Morgan fingerprint density at radius 1 is 1.44 bits per heavy atom. The molecule has 1 rings (SSSR count). The van der Waals surface area contributed by atoms with Crippen LogP contribution in [-0.4, -0.2) is 16.1 Å². The van der Waals surface area contributed by atoms with Crippen molar-refractivity contribution in [2.24, 2.45) is 0 Å². The summed E-state index contributed by atoms with van der Waals surface area (Å²) < 4.78 is 36.7. The first-order valence-corrected chi connectivity index (χ1v) is 4.26. The highest BCUT2D eigenvalue weighted by Crippen LogP contribution is 2.28. The van der Waals surface area contributed by atoms with Gasteiger partial charge in [-0.15, -0.1) is 0 Å². The van der Waals surface area contributed by atoms with Gasteiger partial charge in [0.15, 0.2) is 0 Å². The molecule has 1 heterocycles. The SMILES string of the molecule is Cc1nc(C(F)(F)F)ccc1/C=C/C(=O)O. The molecule has 0 bridgehead atoms. The van der Waals surface area contributed by atoms with E-state index in [1.165, 1.54) is 19.1 Å². The van der Waals surface area contributed by atoms with Crippen molar-refractivity contribution in [3.63, 3.8) is 0 Å². The molecule has 0 aromatic carbocycles. The molecule has 0 radical (unpaired) electrons. The number of pyridine rings is 1. The summed E-state index contributed by atoms with van der Waals surface area (Å²) in [6.45, 7) is 1.39. The van der Waals surface area contributed by atoms with E-state index in [-0.39, 0.29) is 5.69 Å². The summed E-state index contributed by atoms with van der Waals surface area (Å²) in [6, 6.07) is 2.00. The minimum Gasteiger partial charge on any atom is -0.478 e. The summed E-state index contributed by atoms with van der Waals surface area (Å²) >= 11 is 0. The molecule has 3 nitrogen and oxygen atoms in total. The van der Waals surface area contributed by atoms with E-state index in [2.05, 4.69) is 4.98 Å². The Kier molecular flexibility index (Phi) is 3.31. The first kappa shape index (κ1) is 12.2. The lowest BCUT2D eigenvalue weighted by Gasteiger charge is -2.07. The zero-order valence-electron chi connectivity index (χ0n) is 8.25. The lowest BCUT2D eigenvalue weighted by Crippen LogP contribution is -2.08. The zero-order chi connectivity index (χ0) is 12.3. The van der Waals surface area contributed by atoms with Gasteiger partial charge in [0.1, 0.15) is 5.69 Å². The number of rotatable bonds is 2. The van der Waals surface area contributed by atoms with Crippen LogP contribution in [-0.2, 0) is 11.0 Å². The van der Waals surface area contributed by atoms with Crippen LogP contribution in [0.1, 0.15) is 17.0 Å². The van der Waals surface area contributed by atoms with E-state index in [1.807, 2.05) is 0 Å². The first-order valence-electron chi connectivity index (χ1n) is 4.26. The van der Waals surface area contributed by atoms with Crippen LogP contribution in [0.3, 0.4) is 0 Å². The number of carboxylic acids is 1. The largest absolute Gasteiger partial charge is 0.478 e. The van der Waals surface area contributed by atoms with Crippen molar-refractivity contribution in [3.8, 4) is 0 Å². The van der Waals surface area contributed by atoms with Gasteiger partial charge in [-0.25, -0.2) is 9.78 Å². The van der Waals surface area contributed by atoms with Gasteiger partial charge in [0, 0.05) is 11.8 Å². The average molecular weight is 231 g/mol. The minimum absolute atomic E-state index is 0.132. The fraction of sp³-hybridized carbons (Fsp3) is 0.200. The maximum Gasteiger partial charge on any atom is 0.433 e. The van der Waals surface area contributed by atoms with Crippen LogP contribution in [0.4, 0.5) is 13.2 Å². The number of hydrogen-bond donors (Lipinski definition) is 1. The van der Waals surface area contributed by atoms with Crippen molar-refractivity contribution in [3.05, 3.63) is 35.2 Å². The molecule has 0 aliphatic carbocycles. The Hall–Kier alpha value is -1.85. The van der Waals surface area contributed by atoms with Gasteiger partial charge in [0.05, 0.1) is 0 Å². The van der Waals surface area contributed by atoms with Crippen LogP contribution in [0.15, 0.2) is 18.2 Å². The molecule has 1 aromatic rings. The van der Waals surface area contributed by atoms with Crippen molar-refractivity contribution >= 4 is 12.0 Å². The van der Waals surface area contributed by atoms with Gasteiger partial charge in [-0.3, -0.25) is 0 Å². The summed E-state index contributed by atoms with van der Waals surface area (Å²) in [5, 5.41) is 8.36. The molecule has 0 fully saturated rings. The third-order valence-electron chi connectivity index (χ3n) is 1.82. The molecule has 16 heavy (non-hydrogen) atoms. The zero-order valence-corrected chi connectivity index (χ0v) is 8.25. The van der Waals surface area contributed by atoms with Gasteiger partial charge in [0.2, 0.25) is 0 Å². The van der Waals surface area contributed by atoms with Gasteiger partial charge < -0.3 is 5.11 Å². The summed E-state index contributed by atoms with van der Waals surface area (Å²) in [4.78, 5) is 13.6. The van der Waals surface area contributed by atoms with Crippen LogP contribution in [0.2, 0.25) is 0 Å². The fourth-order valence-corrected chi connectivity index (χ4v) is 1.07. The van der Waals surface area contributed by atoms with Gasteiger partial charge in [-0.1, -0.05) is 6.07 Å². The number of aryl methyl sites for hydroxylation is 1. The van der Waals surface area contributed by atoms with E-state index in [1.54, 1.807) is 0 Å². The molecule has 1 N–H and O–H groups in total. The van der Waals surface area contributed by atoms with E-state index >= 15 is 0 Å². The molecular formula is C10H8F3NO2. The Morgan fingerprint density at radius 2 is 2.06 bits per heavy atom. The summed E-state index contributed by atoms with van der Waals surface area (Å²) in [7, 11) is 0. The Labute approximate surface area is 89.2 Å². The molecule has 0 amide bonds. The topological polar surface area (TPSA) is 50.2 Å².